The Morgan fingerprint density at radius 1 is 1.13 bits per heavy atom. The van der Waals surface area contributed by atoms with Crippen molar-refractivity contribution in [2.24, 2.45) is 0 Å². The zero-order valence-electron chi connectivity index (χ0n) is 12.1. The third-order valence-electron chi connectivity index (χ3n) is 3.92. The van der Waals surface area contributed by atoms with Crippen LogP contribution in [0.5, 0.6) is 0 Å². The fraction of sp³-hybridized carbons (Fsp3) is 0.0588. The highest BCUT2D eigenvalue weighted by Crippen LogP contribution is 2.33. The zero-order chi connectivity index (χ0) is 16.1. The molecule has 0 bridgehead atoms. The number of benzene rings is 3. The lowest BCUT2D eigenvalue weighted by Gasteiger charge is -2.11. The van der Waals surface area contributed by atoms with Crippen LogP contribution >= 0.6 is 0 Å². The number of fused-ring (bicyclic) bond motifs is 4. The molecule has 0 fully saturated rings. The molecule has 0 amide bonds. The van der Waals surface area contributed by atoms with Crippen LogP contribution < -0.4 is 5.43 Å². The van der Waals surface area contributed by atoms with E-state index in [1.54, 1.807) is 25.1 Å². The SMILES string of the molecule is Cc1c2oc3cc([N+](=O)[O-])ccc3nc-2c2ccccc2c1=O. The standard InChI is InChI=1S/C17H10N2O4/c1-9-16(20)12-5-3-2-4-11(12)15-17(9)23-14-8-10(19(21)22)6-7-13(14)18-15/h2-8H,1H3. The van der Waals surface area contributed by atoms with Gasteiger partial charge in [-0.15, -0.1) is 0 Å². The summed E-state index contributed by atoms with van der Waals surface area (Å²) in [6, 6.07) is 11.5. The Balaban J connectivity index is 2.21. The summed E-state index contributed by atoms with van der Waals surface area (Å²) in [5, 5.41) is 12.2. The first-order valence-corrected chi connectivity index (χ1v) is 6.96. The second kappa shape index (κ2) is 4.61. The number of rotatable bonds is 1. The van der Waals surface area contributed by atoms with E-state index in [-0.39, 0.29) is 16.7 Å². The average Bonchev–Trinajstić information content (AvgIpc) is 2.58. The average molecular weight is 306 g/mol. The van der Waals surface area contributed by atoms with Crippen molar-refractivity contribution in [3.63, 3.8) is 0 Å². The van der Waals surface area contributed by atoms with Crippen LogP contribution in [-0.4, -0.2) is 9.91 Å². The highest BCUT2D eigenvalue weighted by atomic mass is 16.6. The van der Waals surface area contributed by atoms with Gasteiger partial charge in [-0.05, 0) is 13.0 Å². The molecule has 1 heterocycles. The Morgan fingerprint density at radius 3 is 2.61 bits per heavy atom. The van der Waals surface area contributed by atoms with E-state index in [9.17, 15) is 14.9 Å². The van der Waals surface area contributed by atoms with Gasteiger partial charge in [0.15, 0.2) is 16.8 Å². The van der Waals surface area contributed by atoms with Crippen LogP contribution in [0.2, 0.25) is 0 Å². The molecule has 6 heteroatoms. The van der Waals surface area contributed by atoms with E-state index in [1.807, 2.05) is 12.1 Å². The predicted octanol–water partition coefficient (Wildman–Crippen LogP) is 3.66. The smallest absolute Gasteiger partial charge is 0.273 e. The van der Waals surface area contributed by atoms with E-state index in [0.717, 1.165) is 0 Å². The number of hydrogen-bond acceptors (Lipinski definition) is 5. The van der Waals surface area contributed by atoms with Gasteiger partial charge in [-0.3, -0.25) is 14.9 Å². The van der Waals surface area contributed by atoms with Crippen molar-refractivity contribution in [1.82, 2.24) is 4.98 Å². The van der Waals surface area contributed by atoms with Crippen LogP contribution in [0.25, 0.3) is 33.3 Å². The van der Waals surface area contributed by atoms with Crippen LogP contribution in [0.3, 0.4) is 0 Å². The topological polar surface area (TPSA) is 86.2 Å². The van der Waals surface area contributed by atoms with Crippen LogP contribution in [0.15, 0.2) is 51.7 Å². The van der Waals surface area contributed by atoms with E-state index in [0.29, 0.717) is 33.3 Å². The molecule has 0 radical (unpaired) electrons. The summed E-state index contributed by atoms with van der Waals surface area (Å²) in [4.78, 5) is 27.4. The maximum atomic E-state index is 12.5. The molecule has 1 aliphatic carbocycles. The van der Waals surface area contributed by atoms with Crippen molar-refractivity contribution < 1.29 is 9.34 Å². The van der Waals surface area contributed by atoms with Crippen molar-refractivity contribution in [2.45, 2.75) is 6.92 Å². The second-order valence-corrected chi connectivity index (χ2v) is 5.30. The third kappa shape index (κ3) is 1.88. The molecule has 0 spiro atoms. The van der Waals surface area contributed by atoms with Gasteiger partial charge >= 0.3 is 0 Å². The highest BCUT2D eigenvalue weighted by molar-refractivity contribution is 5.97. The van der Waals surface area contributed by atoms with Crippen molar-refractivity contribution in [3.8, 4) is 11.5 Å². The van der Waals surface area contributed by atoms with Crippen molar-refractivity contribution in [3.05, 3.63) is 68.4 Å². The summed E-state index contributed by atoms with van der Waals surface area (Å²) in [5.41, 5.74) is 1.61. The first-order chi connectivity index (χ1) is 11.1. The van der Waals surface area contributed by atoms with Crippen molar-refractivity contribution in [2.75, 3.05) is 0 Å². The normalized spacial score (nSPS) is 11.3. The van der Waals surface area contributed by atoms with Crippen LogP contribution in [0, 0.1) is 17.0 Å². The first-order valence-electron chi connectivity index (χ1n) is 6.96. The molecule has 0 aromatic heterocycles. The number of aromatic nitrogens is 1. The third-order valence-corrected chi connectivity index (χ3v) is 3.92. The molecular formula is C17H10N2O4. The van der Waals surface area contributed by atoms with E-state index >= 15 is 0 Å². The molecule has 0 atom stereocenters. The zero-order valence-corrected chi connectivity index (χ0v) is 12.1. The molecule has 2 aromatic rings. The molecule has 0 unspecified atom stereocenters. The monoisotopic (exact) mass is 306 g/mol. The fourth-order valence-corrected chi connectivity index (χ4v) is 2.75. The minimum Gasteiger partial charge on any atom is -0.452 e. The summed E-state index contributed by atoms with van der Waals surface area (Å²) in [6.07, 6.45) is 0. The lowest BCUT2D eigenvalue weighted by Crippen LogP contribution is -2.09. The Bertz CT molecular complexity index is 1130. The molecule has 4 rings (SSSR count). The van der Waals surface area contributed by atoms with Gasteiger partial charge in [0, 0.05) is 22.4 Å². The van der Waals surface area contributed by atoms with Gasteiger partial charge in [0.05, 0.1) is 11.0 Å². The first kappa shape index (κ1) is 13.4. The Hall–Kier alpha value is -3.28. The summed E-state index contributed by atoms with van der Waals surface area (Å²) in [7, 11) is 0. The minimum atomic E-state index is -0.495. The van der Waals surface area contributed by atoms with Gasteiger partial charge in [0.1, 0.15) is 11.2 Å². The molecule has 112 valence electrons. The van der Waals surface area contributed by atoms with E-state index < -0.39 is 4.92 Å². The summed E-state index contributed by atoms with van der Waals surface area (Å²) in [6.45, 7) is 1.67. The molecule has 0 saturated heterocycles. The van der Waals surface area contributed by atoms with Gasteiger partial charge in [0.2, 0.25) is 0 Å². The number of nitro groups is 1. The second-order valence-electron chi connectivity index (χ2n) is 5.30. The fourth-order valence-electron chi connectivity index (χ4n) is 2.75. The van der Waals surface area contributed by atoms with Gasteiger partial charge in [-0.2, -0.15) is 0 Å². The highest BCUT2D eigenvalue weighted by Gasteiger charge is 2.20. The lowest BCUT2D eigenvalue weighted by atomic mass is 10.0. The minimum absolute atomic E-state index is 0.0804. The summed E-state index contributed by atoms with van der Waals surface area (Å²) < 4.78 is 5.79. The van der Waals surface area contributed by atoms with Crippen LogP contribution in [-0.2, 0) is 0 Å². The van der Waals surface area contributed by atoms with Crippen LogP contribution in [0.4, 0.5) is 5.69 Å². The van der Waals surface area contributed by atoms with Gasteiger partial charge < -0.3 is 4.42 Å². The predicted molar refractivity (Wildman–Crippen MR) is 85.8 cm³/mol. The number of nitro benzene ring substituents is 1. The Morgan fingerprint density at radius 2 is 1.87 bits per heavy atom. The van der Waals surface area contributed by atoms with Gasteiger partial charge in [0.25, 0.3) is 5.69 Å². The largest absolute Gasteiger partial charge is 0.452 e. The number of nitrogens with zero attached hydrogens (tertiary/aromatic N) is 2. The summed E-state index contributed by atoms with van der Waals surface area (Å²) >= 11 is 0. The Labute approximate surface area is 129 Å². The van der Waals surface area contributed by atoms with Crippen molar-refractivity contribution >= 4 is 27.6 Å². The van der Waals surface area contributed by atoms with Gasteiger partial charge in [-0.1, -0.05) is 24.3 Å². The maximum Gasteiger partial charge on any atom is 0.273 e. The van der Waals surface area contributed by atoms with E-state index in [4.69, 9.17) is 4.42 Å². The quantitative estimate of drug-likeness (QED) is 0.232. The molecular weight excluding hydrogens is 296 g/mol. The van der Waals surface area contributed by atoms with E-state index in [1.165, 1.54) is 12.1 Å². The molecule has 2 aromatic carbocycles. The molecule has 0 saturated carbocycles. The van der Waals surface area contributed by atoms with E-state index in [2.05, 4.69) is 4.98 Å². The van der Waals surface area contributed by atoms with Crippen LogP contribution in [0.1, 0.15) is 5.56 Å². The molecule has 2 aliphatic rings. The molecule has 0 N–H and O–H groups in total. The van der Waals surface area contributed by atoms with Crippen molar-refractivity contribution in [1.29, 1.82) is 0 Å². The van der Waals surface area contributed by atoms with Gasteiger partial charge in [-0.25, -0.2) is 4.98 Å². The lowest BCUT2D eigenvalue weighted by molar-refractivity contribution is -0.384. The molecule has 6 nitrogen and oxygen atoms in total. The molecule has 23 heavy (non-hydrogen) atoms. The maximum absolute atomic E-state index is 12.5. The molecule has 1 aliphatic heterocycles. The number of non-ortho nitro benzene ring substituents is 1. The Kier molecular flexibility index (Phi) is 2.68. The summed E-state index contributed by atoms with van der Waals surface area (Å²) in [5.74, 6) is 0.363. The number of hydrogen-bond donors (Lipinski definition) is 0.